The number of para-hydroxylation sites is 1. The highest BCUT2D eigenvalue weighted by Crippen LogP contribution is 2.15. The largest absolute Gasteiger partial charge is 0.484 e. The maximum atomic E-state index is 12.7. The summed E-state index contributed by atoms with van der Waals surface area (Å²) < 4.78 is 5.44. The summed E-state index contributed by atoms with van der Waals surface area (Å²) in [6.07, 6.45) is 3.09. The molecule has 0 fully saturated rings. The van der Waals surface area contributed by atoms with E-state index in [0.717, 1.165) is 5.56 Å². The minimum absolute atomic E-state index is 0.116. The number of hydrogen-bond acceptors (Lipinski definition) is 5. The molecule has 0 aliphatic carbocycles. The summed E-state index contributed by atoms with van der Waals surface area (Å²) in [4.78, 5) is 33.5. The Balaban J connectivity index is 1.57. The molecule has 1 heterocycles. The Labute approximate surface area is 175 Å². The Bertz CT molecular complexity index is 961. The zero-order valence-corrected chi connectivity index (χ0v) is 16.9. The van der Waals surface area contributed by atoms with E-state index in [2.05, 4.69) is 20.6 Å². The van der Waals surface area contributed by atoms with E-state index in [9.17, 15) is 9.59 Å². The molecular formula is C23H24N4O3. The molecule has 7 heteroatoms. The fourth-order valence-corrected chi connectivity index (χ4v) is 2.76. The second-order valence-electron chi connectivity index (χ2n) is 7.04. The highest BCUT2D eigenvalue weighted by atomic mass is 16.5. The number of ether oxygens (including phenoxy) is 1. The van der Waals surface area contributed by atoms with Gasteiger partial charge in [-0.15, -0.1) is 0 Å². The van der Waals surface area contributed by atoms with Gasteiger partial charge in [0.25, 0.3) is 5.91 Å². The Morgan fingerprint density at radius 2 is 1.53 bits per heavy atom. The van der Waals surface area contributed by atoms with Gasteiger partial charge in [-0.1, -0.05) is 62.4 Å². The van der Waals surface area contributed by atoms with Gasteiger partial charge in [-0.2, -0.15) is 0 Å². The van der Waals surface area contributed by atoms with Gasteiger partial charge in [0, 0.05) is 5.56 Å². The molecule has 0 bridgehead atoms. The van der Waals surface area contributed by atoms with Crippen LogP contribution in [0.3, 0.4) is 0 Å². The topological polar surface area (TPSA) is 93.2 Å². The lowest BCUT2D eigenvalue weighted by Crippen LogP contribution is -2.48. The zero-order valence-electron chi connectivity index (χ0n) is 16.9. The van der Waals surface area contributed by atoms with Crippen LogP contribution in [0.15, 0.2) is 73.1 Å². The normalized spacial score (nSPS) is 11.6. The molecular weight excluding hydrogens is 380 g/mol. The summed E-state index contributed by atoms with van der Waals surface area (Å²) in [5.74, 6) is 0.335. The van der Waals surface area contributed by atoms with E-state index in [-0.39, 0.29) is 24.3 Å². The molecule has 7 nitrogen and oxygen atoms in total. The van der Waals surface area contributed by atoms with E-state index in [1.807, 2.05) is 62.4 Å². The minimum atomic E-state index is -0.717. The van der Waals surface area contributed by atoms with Crippen LogP contribution < -0.4 is 15.4 Å². The van der Waals surface area contributed by atoms with Crippen LogP contribution >= 0.6 is 0 Å². The lowest BCUT2D eigenvalue weighted by atomic mass is 10.0. The summed E-state index contributed by atoms with van der Waals surface area (Å²) in [6, 6.07) is 17.9. The third-order valence-electron chi connectivity index (χ3n) is 4.33. The van der Waals surface area contributed by atoms with Gasteiger partial charge in [0.05, 0.1) is 18.1 Å². The van der Waals surface area contributed by atoms with Crippen LogP contribution in [0, 0.1) is 5.92 Å². The summed E-state index contributed by atoms with van der Waals surface area (Å²) in [5.41, 5.74) is 1.35. The number of amides is 2. The summed E-state index contributed by atoms with van der Waals surface area (Å²) in [6.45, 7) is 3.55. The molecule has 0 aliphatic rings. The van der Waals surface area contributed by atoms with Crippen molar-refractivity contribution in [2.75, 3.05) is 11.9 Å². The number of hydrogen-bond donors (Lipinski definition) is 2. The first-order valence-electron chi connectivity index (χ1n) is 9.68. The number of carbonyl (C=O) groups excluding carboxylic acids is 2. The van der Waals surface area contributed by atoms with Gasteiger partial charge in [0.15, 0.2) is 12.4 Å². The highest BCUT2D eigenvalue weighted by molar-refractivity contribution is 5.97. The summed E-state index contributed by atoms with van der Waals surface area (Å²) in [7, 11) is 0. The molecule has 1 atom stereocenters. The molecule has 0 aliphatic heterocycles. The van der Waals surface area contributed by atoms with Crippen molar-refractivity contribution in [1.82, 2.24) is 15.3 Å². The summed E-state index contributed by atoms with van der Waals surface area (Å²) in [5, 5.41) is 5.49. The van der Waals surface area contributed by atoms with Crippen LogP contribution in [-0.4, -0.2) is 34.4 Å². The molecule has 0 radical (unpaired) electrons. The SMILES string of the molecule is CC(C)C(NC(=O)COc1ccccc1)C(=O)Nc1cnc(-c2ccccc2)nc1. The van der Waals surface area contributed by atoms with Crippen LogP contribution in [0.25, 0.3) is 11.4 Å². The first-order chi connectivity index (χ1) is 14.5. The molecule has 30 heavy (non-hydrogen) atoms. The van der Waals surface area contributed by atoms with E-state index in [1.54, 1.807) is 24.5 Å². The van der Waals surface area contributed by atoms with Gasteiger partial charge in [0.1, 0.15) is 11.8 Å². The Hall–Kier alpha value is -3.74. The molecule has 0 saturated heterocycles. The van der Waals surface area contributed by atoms with Gasteiger partial charge in [-0.3, -0.25) is 9.59 Å². The third-order valence-corrected chi connectivity index (χ3v) is 4.33. The first kappa shape index (κ1) is 21.0. The van der Waals surface area contributed by atoms with Gasteiger partial charge in [-0.05, 0) is 18.1 Å². The maximum Gasteiger partial charge on any atom is 0.258 e. The number of anilines is 1. The maximum absolute atomic E-state index is 12.7. The Kier molecular flexibility index (Phi) is 7.10. The zero-order chi connectivity index (χ0) is 21.3. The van der Waals surface area contributed by atoms with E-state index < -0.39 is 6.04 Å². The van der Waals surface area contributed by atoms with Crippen LogP contribution in [0.1, 0.15) is 13.8 Å². The van der Waals surface area contributed by atoms with Crippen molar-refractivity contribution in [2.45, 2.75) is 19.9 Å². The molecule has 1 aromatic heterocycles. The predicted octanol–water partition coefficient (Wildman–Crippen LogP) is 3.30. The molecule has 0 spiro atoms. The molecule has 0 saturated carbocycles. The number of nitrogens with one attached hydrogen (secondary N) is 2. The van der Waals surface area contributed by atoms with E-state index in [1.165, 1.54) is 0 Å². The standard InChI is InChI=1S/C23H24N4O3/c1-16(2)21(27-20(28)15-30-19-11-7-4-8-12-19)23(29)26-18-13-24-22(25-14-18)17-9-5-3-6-10-17/h3-14,16,21H,15H2,1-2H3,(H,26,29)(H,27,28). The average molecular weight is 404 g/mol. The van der Waals surface area contributed by atoms with Crippen molar-refractivity contribution in [3.8, 4) is 17.1 Å². The van der Waals surface area contributed by atoms with Crippen molar-refractivity contribution in [3.05, 3.63) is 73.1 Å². The Morgan fingerprint density at radius 3 is 2.13 bits per heavy atom. The molecule has 1 unspecified atom stereocenters. The summed E-state index contributed by atoms with van der Waals surface area (Å²) >= 11 is 0. The van der Waals surface area contributed by atoms with E-state index >= 15 is 0 Å². The molecule has 3 aromatic rings. The minimum Gasteiger partial charge on any atom is -0.484 e. The number of nitrogens with zero attached hydrogens (tertiary/aromatic N) is 2. The average Bonchev–Trinajstić information content (AvgIpc) is 2.77. The number of carbonyl (C=O) groups is 2. The van der Waals surface area contributed by atoms with Crippen LogP contribution in [0.5, 0.6) is 5.75 Å². The quantitative estimate of drug-likeness (QED) is 0.601. The fraction of sp³-hybridized carbons (Fsp3) is 0.217. The van der Waals surface area contributed by atoms with Crippen LogP contribution in [-0.2, 0) is 9.59 Å². The van der Waals surface area contributed by atoms with Gasteiger partial charge >= 0.3 is 0 Å². The highest BCUT2D eigenvalue weighted by Gasteiger charge is 2.24. The van der Waals surface area contributed by atoms with Crippen molar-refractivity contribution in [1.29, 1.82) is 0 Å². The van der Waals surface area contributed by atoms with E-state index in [4.69, 9.17) is 4.74 Å². The van der Waals surface area contributed by atoms with Gasteiger partial charge in [-0.25, -0.2) is 9.97 Å². The molecule has 2 aromatic carbocycles. The second-order valence-corrected chi connectivity index (χ2v) is 7.04. The van der Waals surface area contributed by atoms with Crippen molar-refractivity contribution in [3.63, 3.8) is 0 Å². The van der Waals surface area contributed by atoms with Crippen LogP contribution in [0.2, 0.25) is 0 Å². The first-order valence-corrected chi connectivity index (χ1v) is 9.68. The fourth-order valence-electron chi connectivity index (χ4n) is 2.76. The van der Waals surface area contributed by atoms with Crippen molar-refractivity contribution >= 4 is 17.5 Å². The van der Waals surface area contributed by atoms with Crippen molar-refractivity contribution in [2.24, 2.45) is 5.92 Å². The number of rotatable bonds is 8. The molecule has 154 valence electrons. The third kappa shape index (κ3) is 5.88. The van der Waals surface area contributed by atoms with Gasteiger partial charge < -0.3 is 15.4 Å². The van der Waals surface area contributed by atoms with Crippen molar-refractivity contribution < 1.29 is 14.3 Å². The monoisotopic (exact) mass is 404 g/mol. The molecule has 2 N–H and O–H groups in total. The number of aromatic nitrogens is 2. The molecule has 3 rings (SSSR count). The Morgan fingerprint density at radius 1 is 0.933 bits per heavy atom. The smallest absolute Gasteiger partial charge is 0.258 e. The number of benzene rings is 2. The molecule has 2 amide bonds. The predicted molar refractivity (Wildman–Crippen MR) is 115 cm³/mol. The van der Waals surface area contributed by atoms with E-state index in [0.29, 0.717) is 17.3 Å². The lowest BCUT2D eigenvalue weighted by Gasteiger charge is -2.21. The van der Waals surface area contributed by atoms with Crippen LogP contribution in [0.4, 0.5) is 5.69 Å². The second kappa shape index (κ2) is 10.2. The van der Waals surface area contributed by atoms with Gasteiger partial charge in [0.2, 0.25) is 5.91 Å². The lowest BCUT2D eigenvalue weighted by molar-refractivity contribution is -0.128.